The predicted octanol–water partition coefficient (Wildman–Crippen LogP) is 1.78. The second-order valence-corrected chi connectivity index (χ2v) is 6.21. The number of anilines is 1. The zero-order valence-corrected chi connectivity index (χ0v) is 14.6. The summed E-state index contributed by atoms with van der Waals surface area (Å²) in [6.45, 7) is 1.94. The van der Waals surface area contributed by atoms with E-state index in [1.807, 2.05) is 47.1 Å². The van der Waals surface area contributed by atoms with Crippen LogP contribution >= 0.6 is 0 Å². The Kier molecular flexibility index (Phi) is 4.37. The van der Waals surface area contributed by atoms with E-state index in [0.29, 0.717) is 6.04 Å². The summed E-state index contributed by atoms with van der Waals surface area (Å²) in [5.74, 6) is 0.876. The normalized spacial score (nSPS) is 15.5. The van der Waals surface area contributed by atoms with Gasteiger partial charge in [0.05, 0.1) is 23.6 Å². The van der Waals surface area contributed by atoms with Crippen LogP contribution in [0.3, 0.4) is 0 Å². The SMILES string of the molecule is CN=CC(=CN)c1ccc2ncc(-c3cccc(NC4CNC4)n3)n2c1. The van der Waals surface area contributed by atoms with Crippen LogP contribution in [0.15, 0.2) is 53.9 Å². The molecule has 4 N–H and O–H groups in total. The van der Waals surface area contributed by atoms with Crippen molar-refractivity contribution in [3.05, 3.63) is 54.5 Å². The lowest BCUT2D eigenvalue weighted by molar-refractivity contribution is 0.471. The molecule has 0 unspecified atom stereocenters. The molecule has 7 heteroatoms. The number of hydrogen-bond donors (Lipinski definition) is 3. The molecule has 0 spiro atoms. The third-order valence-electron chi connectivity index (χ3n) is 4.43. The Bertz CT molecular complexity index is 982. The average molecular weight is 347 g/mol. The molecule has 132 valence electrons. The van der Waals surface area contributed by atoms with Gasteiger partial charge in [0.15, 0.2) is 0 Å². The number of allylic oxidation sites excluding steroid dienone is 1. The first-order chi connectivity index (χ1) is 12.8. The molecule has 4 heterocycles. The van der Waals surface area contributed by atoms with E-state index in [4.69, 9.17) is 10.7 Å². The molecule has 7 nitrogen and oxygen atoms in total. The van der Waals surface area contributed by atoms with Crippen LogP contribution in [0.1, 0.15) is 5.56 Å². The number of pyridine rings is 2. The van der Waals surface area contributed by atoms with Crippen molar-refractivity contribution in [2.45, 2.75) is 6.04 Å². The van der Waals surface area contributed by atoms with Crippen LogP contribution in [0, 0.1) is 0 Å². The van der Waals surface area contributed by atoms with E-state index < -0.39 is 0 Å². The summed E-state index contributed by atoms with van der Waals surface area (Å²) >= 11 is 0. The van der Waals surface area contributed by atoms with Crippen LogP contribution in [0.2, 0.25) is 0 Å². The quantitative estimate of drug-likeness (QED) is 0.612. The lowest BCUT2D eigenvalue weighted by Gasteiger charge is -2.28. The maximum Gasteiger partial charge on any atom is 0.137 e. The lowest BCUT2D eigenvalue weighted by atomic mass is 10.1. The Labute approximate surface area is 151 Å². The summed E-state index contributed by atoms with van der Waals surface area (Å²) < 4.78 is 2.03. The predicted molar refractivity (Wildman–Crippen MR) is 105 cm³/mol. The van der Waals surface area contributed by atoms with Gasteiger partial charge in [-0.2, -0.15) is 0 Å². The molecule has 0 bridgehead atoms. The van der Waals surface area contributed by atoms with Crippen molar-refractivity contribution in [2.24, 2.45) is 10.7 Å². The number of fused-ring (bicyclic) bond motifs is 1. The molecule has 1 aliphatic heterocycles. The Hall–Kier alpha value is -3.19. The van der Waals surface area contributed by atoms with Crippen molar-refractivity contribution in [3.8, 4) is 11.4 Å². The second kappa shape index (κ2) is 6.97. The van der Waals surface area contributed by atoms with Crippen molar-refractivity contribution < 1.29 is 0 Å². The van der Waals surface area contributed by atoms with Crippen LogP contribution in [0.4, 0.5) is 5.82 Å². The highest BCUT2D eigenvalue weighted by atomic mass is 15.1. The van der Waals surface area contributed by atoms with E-state index in [1.165, 1.54) is 0 Å². The van der Waals surface area contributed by atoms with Crippen molar-refractivity contribution in [1.29, 1.82) is 0 Å². The smallest absolute Gasteiger partial charge is 0.137 e. The molecule has 3 aromatic rings. The molecule has 0 saturated carbocycles. The van der Waals surface area contributed by atoms with Gasteiger partial charge in [-0.25, -0.2) is 9.97 Å². The molecule has 1 fully saturated rings. The molecule has 0 amide bonds. The largest absolute Gasteiger partial charge is 0.404 e. The fraction of sp³-hybridized carbons (Fsp3) is 0.211. The Morgan fingerprint density at radius 3 is 2.96 bits per heavy atom. The van der Waals surface area contributed by atoms with E-state index in [1.54, 1.807) is 19.5 Å². The third-order valence-corrected chi connectivity index (χ3v) is 4.43. The Balaban J connectivity index is 1.73. The van der Waals surface area contributed by atoms with Gasteiger partial charge in [0, 0.05) is 49.9 Å². The molecule has 0 atom stereocenters. The number of imidazole rings is 1. The minimum atomic E-state index is 0.442. The Morgan fingerprint density at radius 2 is 2.23 bits per heavy atom. The molecular weight excluding hydrogens is 326 g/mol. The summed E-state index contributed by atoms with van der Waals surface area (Å²) in [6, 6.07) is 10.4. The highest BCUT2D eigenvalue weighted by Crippen LogP contribution is 2.23. The van der Waals surface area contributed by atoms with Crippen molar-refractivity contribution >= 4 is 23.3 Å². The van der Waals surface area contributed by atoms with Crippen molar-refractivity contribution in [1.82, 2.24) is 19.7 Å². The molecule has 26 heavy (non-hydrogen) atoms. The molecule has 0 aliphatic carbocycles. The van der Waals surface area contributed by atoms with Gasteiger partial charge in [0.25, 0.3) is 0 Å². The maximum absolute atomic E-state index is 5.74. The fourth-order valence-corrected chi connectivity index (χ4v) is 2.95. The molecular formula is C19H21N7. The molecule has 4 rings (SSSR count). The Morgan fingerprint density at radius 1 is 1.35 bits per heavy atom. The summed E-state index contributed by atoms with van der Waals surface area (Å²) in [5, 5.41) is 6.69. The average Bonchev–Trinajstić information content (AvgIpc) is 3.06. The van der Waals surface area contributed by atoms with Gasteiger partial charge in [-0.1, -0.05) is 6.07 Å². The molecule has 1 aliphatic rings. The van der Waals surface area contributed by atoms with E-state index >= 15 is 0 Å². The maximum atomic E-state index is 5.74. The summed E-state index contributed by atoms with van der Waals surface area (Å²) in [5.41, 5.74) is 10.2. The van der Waals surface area contributed by atoms with Crippen LogP contribution in [0.25, 0.3) is 22.6 Å². The van der Waals surface area contributed by atoms with Gasteiger partial charge < -0.3 is 16.4 Å². The number of nitrogens with one attached hydrogen (secondary N) is 2. The van der Waals surface area contributed by atoms with E-state index in [-0.39, 0.29) is 0 Å². The number of nitrogens with zero attached hydrogens (tertiary/aromatic N) is 4. The lowest BCUT2D eigenvalue weighted by Crippen LogP contribution is -2.51. The number of hydrogen-bond acceptors (Lipinski definition) is 6. The fourth-order valence-electron chi connectivity index (χ4n) is 2.95. The highest BCUT2D eigenvalue weighted by Gasteiger charge is 2.17. The molecule has 1 saturated heterocycles. The van der Waals surface area contributed by atoms with Crippen LogP contribution in [-0.2, 0) is 0 Å². The summed E-state index contributed by atoms with van der Waals surface area (Å²) in [4.78, 5) is 13.3. The first kappa shape index (κ1) is 16.3. The van der Waals surface area contributed by atoms with Gasteiger partial charge in [-0.05, 0) is 24.3 Å². The first-order valence-electron chi connectivity index (χ1n) is 8.54. The van der Waals surface area contributed by atoms with Gasteiger partial charge in [0.1, 0.15) is 11.5 Å². The number of aromatic nitrogens is 3. The number of rotatable bonds is 5. The van der Waals surface area contributed by atoms with Gasteiger partial charge >= 0.3 is 0 Å². The minimum Gasteiger partial charge on any atom is -0.404 e. The van der Waals surface area contributed by atoms with E-state index in [0.717, 1.165) is 47.1 Å². The topological polar surface area (TPSA) is 92.6 Å². The van der Waals surface area contributed by atoms with Crippen LogP contribution in [-0.4, -0.2) is 46.8 Å². The summed E-state index contributed by atoms with van der Waals surface area (Å²) in [6.07, 6.45) is 7.15. The third kappa shape index (κ3) is 3.04. The van der Waals surface area contributed by atoms with Gasteiger partial charge in [0.2, 0.25) is 0 Å². The monoisotopic (exact) mass is 347 g/mol. The summed E-state index contributed by atoms with van der Waals surface area (Å²) in [7, 11) is 1.73. The molecule has 3 aromatic heterocycles. The van der Waals surface area contributed by atoms with Gasteiger partial charge in [-0.3, -0.25) is 9.39 Å². The zero-order chi connectivity index (χ0) is 17.9. The number of aliphatic imine (C=N–C) groups is 1. The zero-order valence-electron chi connectivity index (χ0n) is 14.6. The minimum absolute atomic E-state index is 0.442. The molecule has 0 aromatic carbocycles. The van der Waals surface area contributed by atoms with E-state index in [9.17, 15) is 0 Å². The van der Waals surface area contributed by atoms with Gasteiger partial charge in [-0.15, -0.1) is 0 Å². The van der Waals surface area contributed by atoms with E-state index in [2.05, 4.69) is 20.6 Å². The standard InChI is InChI=1S/C19H21N7/c1-21-8-14(7-20)13-5-6-19-23-11-17(26(19)12-13)16-3-2-4-18(25-16)24-15-9-22-10-15/h2-8,11-12,15,22H,9-10,20H2,1H3,(H,24,25). The molecule has 0 radical (unpaired) electrons. The van der Waals surface area contributed by atoms with Crippen molar-refractivity contribution in [2.75, 3.05) is 25.5 Å². The van der Waals surface area contributed by atoms with Crippen molar-refractivity contribution in [3.63, 3.8) is 0 Å². The second-order valence-electron chi connectivity index (χ2n) is 6.21. The van der Waals surface area contributed by atoms with Crippen LogP contribution < -0.4 is 16.4 Å². The highest BCUT2D eigenvalue weighted by molar-refractivity contribution is 6.09. The number of nitrogens with two attached hydrogens (primary N) is 1. The van der Waals surface area contributed by atoms with Crippen LogP contribution in [0.5, 0.6) is 0 Å². The first-order valence-corrected chi connectivity index (χ1v) is 8.54.